The van der Waals surface area contributed by atoms with E-state index in [1.807, 2.05) is 6.07 Å². The number of phosphoric ester groups is 1. The quantitative estimate of drug-likeness (QED) is 0.0477. The average Bonchev–Trinajstić information content (AvgIpc) is 3.16. The van der Waals surface area contributed by atoms with E-state index in [9.17, 15) is 33.5 Å². The average molecular weight is 806 g/mol. The number of phosphoric acid groups is 1. The van der Waals surface area contributed by atoms with E-state index in [1.165, 1.54) is 5.01 Å². The maximum atomic E-state index is 14.6. The van der Waals surface area contributed by atoms with Crippen LogP contribution in [0.2, 0.25) is 0 Å². The van der Waals surface area contributed by atoms with Gasteiger partial charge in [-0.15, -0.1) is 0 Å². The summed E-state index contributed by atoms with van der Waals surface area (Å²) in [7, 11) is -8.26. The number of ether oxygens (including phenoxy) is 2. The number of benzene rings is 2. The number of amides is 2. The van der Waals surface area contributed by atoms with Gasteiger partial charge in [-0.25, -0.2) is 9.57 Å². The number of pyridine rings is 1. The molecule has 3 rings (SSSR count). The number of rotatable bonds is 20. The number of hydrogen-bond donors (Lipinski definition) is 4. The molecule has 0 unspecified atom stereocenters. The largest absolute Gasteiger partial charge is 0.471 e. The molecule has 0 fully saturated rings. The lowest BCUT2D eigenvalue weighted by Crippen LogP contribution is -2.53. The SMILES string of the molecule is [2H]C([2H])([2H])OC(=O)C[C@H](C(=O)NN(Cc1ccc(-c2ccccn2)cc1)C[C@H](OCOP(=O)(O)O)[C@@H](CC(=O)[C@@H](NC(C)=O)C(C)(C([2H])([2H])[2H])C([2H])([2H])[2H])Cc1ccccc1)C(C)(C)C. The summed E-state index contributed by atoms with van der Waals surface area (Å²) in [6.07, 6.45) is -1.16. The van der Waals surface area contributed by atoms with Crippen molar-refractivity contribution in [1.82, 2.24) is 20.7 Å². The van der Waals surface area contributed by atoms with E-state index in [1.54, 1.807) is 93.7 Å². The minimum atomic E-state index is -5.18. The molecule has 2 amide bonds. The molecule has 0 saturated carbocycles. The molecule has 0 spiro atoms. The van der Waals surface area contributed by atoms with E-state index >= 15 is 0 Å². The second-order valence-electron chi connectivity index (χ2n) is 14.8. The smallest absolute Gasteiger partial charge is 0.469 e. The van der Waals surface area contributed by atoms with Gasteiger partial charge in [-0.1, -0.05) is 102 Å². The van der Waals surface area contributed by atoms with Crippen molar-refractivity contribution in [2.45, 2.75) is 86.3 Å². The van der Waals surface area contributed by atoms with Crippen molar-refractivity contribution in [2.75, 3.05) is 20.4 Å². The zero-order valence-corrected chi connectivity index (χ0v) is 33.0. The summed E-state index contributed by atoms with van der Waals surface area (Å²) in [5, 5.41) is 3.60. The Morgan fingerprint density at radius 1 is 0.911 bits per heavy atom. The number of hydrogen-bond acceptors (Lipinski definition) is 10. The summed E-state index contributed by atoms with van der Waals surface area (Å²) in [5.41, 5.74) is 1.57. The number of aromatic nitrogens is 1. The third-order valence-electron chi connectivity index (χ3n) is 8.88. The predicted octanol–water partition coefficient (Wildman–Crippen LogP) is 5.63. The standard InChI is InChI=1S/C41H57N4O10P/c1-28(46)43-38(41(5,6)7)35(47)23-32(22-29-14-10-9-11-15-29)36(54-27-55-56(50,51)52)26-45(44-39(49)33(40(2,3)4)24-37(48)53-8)25-30-17-19-31(20-18-30)34-16-12-13-21-42-34/h9-21,32-33,36,38H,22-27H2,1-8H3,(H,43,46)(H,44,49)(H2,50,51,52)/t32-,33-,36+,38-/m1/s1/i5D3,6D3,8D3. The molecule has 0 aliphatic heterocycles. The van der Waals surface area contributed by atoms with Gasteiger partial charge in [0, 0.05) is 46.4 Å². The number of hydrazine groups is 1. The number of carbonyl (C=O) groups excluding carboxylic acids is 4. The Morgan fingerprint density at radius 3 is 2.16 bits per heavy atom. The van der Waals surface area contributed by atoms with Crippen molar-refractivity contribution in [3.05, 3.63) is 90.1 Å². The fraction of sp³-hybridized carbons (Fsp3) is 0.488. The highest BCUT2D eigenvalue weighted by Crippen LogP contribution is 2.36. The molecule has 2 aromatic carbocycles. The van der Waals surface area contributed by atoms with Gasteiger partial charge in [-0.2, -0.15) is 0 Å². The maximum Gasteiger partial charge on any atom is 0.471 e. The molecule has 306 valence electrons. The summed E-state index contributed by atoms with van der Waals surface area (Å²) < 4.78 is 98.7. The number of esters is 1. The van der Waals surface area contributed by atoms with E-state index < -0.39 is 113 Å². The Balaban J connectivity index is 2.22. The number of ketones is 1. The minimum absolute atomic E-state index is 0.0651. The van der Waals surface area contributed by atoms with Crippen LogP contribution in [0.15, 0.2) is 79.0 Å². The molecule has 56 heavy (non-hydrogen) atoms. The molecular formula is C41H57N4O10P. The first-order valence-corrected chi connectivity index (χ1v) is 19.3. The van der Waals surface area contributed by atoms with Gasteiger partial charge in [-0.05, 0) is 46.4 Å². The van der Waals surface area contributed by atoms with E-state index in [-0.39, 0.29) is 13.0 Å². The second kappa shape index (κ2) is 20.7. The molecule has 0 saturated heterocycles. The highest BCUT2D eigenvalue weighted by molar-refractivity contribution is 7.46. The molecule has 1 heterocycles. The summed E-state index contributed by atoms with van der Waals surface area (Å²) >= 11 is 0. The fourth-order valence-corrected chi connectivity index (χ4v) is 6.24. The van der Waals surface area contributed by atoms with Crippen LogP contribution in [0.4, 0.5) is 0 Å². The molecule has 0 aliphatic carbocycles. The Labute approximate surface area is 342 Å². The van der Waals surface area contributed by atoms with Gasteiger partial charge < -0.3 is 24.6 Å². The highest BCUT2D eigenvalue weighted by Gasteiger charge is 2.38. The van der Waals surface area contributed by atoms with Crippen LogP contribution in [-0.2, 0) is 50.7 Å². The first-order chi connectivity index (χ1) is 29.8. The summed E-state index contributed by atoms with van der Waals surface area (Å²) in [4.78, 5) is 77.8. The van der Waals surface area contributed by atoms with Crippen molar-refractivity contribution in [2.24, 2.45) is 22.7 Å². The third kappa shape index (κ3) is 15.7. The normalized spacial score (nSPS) is 17.4. The number of Topliss-reactive ketones (excluding diaryl/α,β-unsaturated/α-hetero) is 1. The molecule has 0 aliphatic rings. The molecular weight excluding hydrogens is 739 g/mol. The summed E-state index contributed by atoms with van der Waals surface area (Å²) in [6, 6.07) is 18.7. The summed E-state index contributed by atoms with van der Waals surface area (Å²) in [5.74, 6) is -6.21. The van der Waals surface area contributed by atoms with Gasteiger partial charge in [0.2, 0.25) is 11.8 Å². The number of nitrogens with zero attached hydrogens (tertiary/aromatic N) is 2. The van der Waals surface area contributed by atoms with Crippen molar-refractivity contribution in [1.29, 1.82) is 0 Å². The second-order valence-corrected chi connectivity index (χ2v) is 16.0. The van der Waals surface area contributed by atoms with Crippen LogP contribution in [0.3, 0.4) is 0 Å². The molecule has 4 atom stereocenters. The predicted molar refractivity (Wildman–Crippen MR) is 211 cm³/mol. The van der Waals surface area contributed by atoms with Crippen LogP contribution in [0, 0.1) is 22.7 Å². The summed E-state index contributed by atoms with van der Waals surface area (Å²) in [6.45, 7) is -1.48. The van der Waals surface area contributed by atoms with Crippen LogP contribution >= 0.6 is 7.82 Å². The lowest BCUT2D eigenvalue weighted by molar-refractivity contribution is -0.148. The van der Waals surface area contributed by atoms with E-state index in [4.69, 9.17) is 17.1 Å². The minimum Gasteiger partial charge on any atom is -0.469 e. The lowest BCUT2D eigenvalue weighted by Gasteiger charge is -2.36. The monoisotopic (exact) mass is 805 g/mol. The fourth-order valence-electron chi connectivity index (χ4n) is 6.04. The van der Waals surface area contributed by atoms with Crippen molar-refractivity contribution in [3.63, 3.8) is 0 Å². The van der Waals surface area contributed by atoms with Crippen LogP contribution in [-0.4, -0.2) is 75.9 Å². The van der Waals surface area contributed by atoms with Gasteiger partial charge in [0.05, 0.1) is 41.3 Å². The first kappa shape index (κ1) is 33.8. The Morgan fingerprint density at radius 2 is 1.59 bits per heavy atom. The number of methoxy groups -OCH3 is 1. The van der Waals surface area contributed by atoms with Gasteiger partial charge >= 0.3 is 13.8 Å². The molecule has 3 aromatic rings. The lowest BCUT2D eigenvalue weighted by atomic mass is 9.78. The van der Waals surface area contributed by atoms with Crippen LogP contribution < -0.4 is 10.7 Å². The van der Waals surface area contributed by atoms with E-state index in [0.717, 1.165) is 19.4 Å². The van der Waals surface area contributed by atoms with Crippen molar-refractivity contribution < 1.29 is 59.9 Å². The van der Waals surface area contributed by atoms with Crippen LogP contribution in [0.25, 0.3) is 11.3 Å². The Bertz CT molecular complexity index is 2090. The third-order valence-corrected chi connectivity index (χ3v) is 9.32. The van der Waals surface area contributed by atoms with Crippen molar-refractivity contribution >= 4 is 31.4 Å². The molecule has 0 bridgehead atoms. The van der Waals surface area contributed by atoms with Gasteiger partial charge in [-0.3, -0.25) is 34.1 Å². The molecule has 15 heteroatoms. The maximum absolute atomic E-state index is 14.6. The zero-order chi connectivity index (χ0) is 49.2. The van der Waals surface area contributed by atoms with Crippen LogP contribution in [0.5, 0.6) is 0 Å². The van der Waals surface area contributed by atoms with Gasteiger partial charge in [0.1, 0.15) is 0 Å². The van der Waals surface area contributed by atoms with Crippen molar-refractivity contribution in [3.8, 4) is 11.3 Å². The molecule has 0 radical (unpaired) electrons. The number of nitrogens with one attached hydrogen (secondary N) is 2. The van der Waals surface area contributed by atoms with E-state index in [2.05, 4.69) is 25.0 Å². The highest BCUT2D eigenvalue weighted by atomic mass is 31.2. The Hall–Kier alpha value is -4.30. The molecule has 1 aromatic heterocycles. The van der Waals surface area contributed by atoms with Gasteiger partial charge in [0.25, 0.3) is 0 Å². The first-order valence-electron chi connectivity index (χ1n) is 22.2. The Kier molecular flexibility index (Phi) is 12.5. The zero-order valence-electron chi connectivity index (χ0n) is 41.1. The number of carbonyl (C=O) groups is 4. The van der Waals surface area contributed by atoms with Gasteiger partial charge in [0.15, 0.2) is 12.6 Å². The molecule has 4 N–H and O–H groups in total. The molecule has 14 nitrogen and oxygen atoms in total. The van der Waals surface area contributed by atoms with E-state index in [0.29, 0.717) is 16.8 Å². The topological polar surface area (TPSA) is 194 Å². The van der Waals surface area contributed by atoms with Crippen LogP contribution in [0.1, 0.15) is 84.6 Å².